The summed E-state index contributed by atoms with van der Waals surface area (Å²) in [4.78, 5) is 64.2. The topological polar surface area (TPSA) is 142 Å². The summed E-state index contributed by atoms with van der Waals surface area (Å²) in [6.45, 7) is 1.44. The molecule has 0 aliphatic carbocycles. The second-order valence-corrected chi connectivity index (χ2v) is 8.16. The molecule has 32 heavy (non-hydrogen) atoms. The fraction of sp³-hybridized carbons (Fsp3) is 0.476. The van der Waals surface area contributed by atoms with Gasteiger partial charge in [0.1, 0.15) is 11.9 Å². The Morgan fingerprint density at radius 1 is 1.16 bits per heavy atom. The molecule has 0 aromatic heterocycles. The predicted octanol–water partition coefficient (Wildman–Crippen LogP) is -0.482. The van der Waals surface area contributed by atoms with Crippen LogP contribution in [-0.2, 0) is 14.4 Å². The molecule has 2 fully saturated rings. The molecule has 3 aliphatic rings. The van der Waals surface area contributed by atoms with Crippen molar-refractivity contribution in [2.24, 2.45) is 11.7 Å². The van der Waals surface area contributed by atoms with Crippen LogP contribution < -0.4 is 21.3 Å². The van der Waals surface area contributed by atoms with Crippen molar-refractivity contribution in [1.82, 2.24) is 15.5 Å². The van der Waals surface area contributed by atoms with Crippen LogP contribution in [0.15, 0.2) is 12.1 Å². The van der Waals surface area contributed by atoms with Gasteiger partial charge in [0.25, 0.3) is 11.8 Å². The van der Waals surface area contributed by atoms with Crippen molar-refractivity contribution >= 4 is 35.2 Å². The van der Waals surface area contributed by atoms with Crippen LogP contribution in [0.4, 0.5) is 10.1 Å². The van der Waals surface area contributed by atoms with Crippen LogP contribution in [0.1, 0.15) is 46.4 Å². The number of piperidine rings is 2. The van der Waals surface area contributed by atoms with Gasteiger partial charge in [0.2, 0.25) is 17.7 Å². The Bertz CT molecular complexity index is 1010. The Balaban J connectivity index is 1.58. The number of carbonyl (C=O) groups is 5. The number of carbonyl (C=O) groups excluding carboxylic acids is 5. The lowest BCUT2D eigenvalue weighted by molar-refractivity contribution is -0.136. The zero-order valence-electron chi connectivity index (χ0n) is 17.4. The summed E-state index contributed by atoms with van der Waals surface area (Å²) in [7, 11) is 0. The number of rotatable bonds is 5. The number of amides is 5. The van der Waals surface area contributed by atoms with E-state index in [1.165, 1.54) is 6.07 Å². The number of imide groups is 2. The number of fused-ring (bicyclic) bond motifs is 1. The van der Waals surface area contributed by atoms with Crippen LogP contribution in [0.3, 0.4) is 0 Å². The summed E-state index contributed by atoms with van der Waals surface area (Å²) in [6, 6.07) is 1.21. The van der Waals surface area contributed by atoms with Crippen molar-refractivity contribution in [2.75, 3.05) is 31.1 Å². The lowest BCUT2D eigenvalue weighted by Gasteiger charge is -2.34. The number of nitrogens with two attached hydrogens (primary N) is 1. The molecule has 3 aliphatic heterocycles. The molecule has 170 valence electrons. The Labute approximate surface area is 183 Å². The normalized spacial score (nSPS) is 23.3. The van der Waals surface area contributed by atoms with E-state index in [9.17, 15) is 28.4 Å². The van der Waals surface area contributed by atoms with Gasteiger partial charge in [0, 0.05) is 32.6 Å². The van der Waals surface area contributed by atoms with E-state index in [1.807, 2.05) is 0 Å². The van der Waals surface area contributed by atoms with Crippen molar-refractivity contribution in [3.05, 3.63) is 29.1 Å². The molecule has 3 heterocycles. The Kier molecular flexibility index (Phi) is 5.92. The smallest absolute Gasteiger partial charge is 0.262 e. The Morgan fingerprint density at radius 2 is 1.88 bits per heavy atom. The molecule has 10 nitrogen and oxygen atoms in total. The van der Waals surface area contributed by atoms with E-state index in [1.54, 1.807) is 4.90 Å². The monoisotopic (exact) mass is 445 g/mol. The first-order chi connectivity index (χ1) is 15.3. The van der Waals surface area contributed by atoms with E-state index in [2.05, 4.69) is 10.6 Å². The van der Waals surface area contributed by atoms with Gasteiger partial charge in [0.05, 0.1) is 22.7 Å². The van der Waals surface area contributed by atoms with Crippen LogP contribution >= 0.6 is 0 Å². The number of nitrogens with one attached hydrogen (secondary N) is 2. The average Bonchev–Trinajstić information content (AvgIpc) is 3.01. The van der Waals surface area contributed by atoms with Crippen LogP contribution in [-0.4, -0.2) is 66.7 Å². The third kappa shape index (κ3) is 3.83. The molecule has 0 saturated carbocycles. The fourth-order valence-electron chi connectivity index (χ4n) is 4.47. The third-order valence-electron chi connectivity index (χ3n) is 6.08. The fourth-order valence-corrected chi connectivity index (χ4v) is 4.47. The molecule has 5 amide bonds. The quantitative estimate of drug-likeness (QED) is 0.520. The highest BCUT2D eigenvalue weighted by atomic mass is 19.1. The number of hydrogen-bond donors (Lipinski definition) is 3. The highest BCUT2D eigenvalue weighted by molar-refractivity contribution is 6.23. The summed E-state index contributed by atoms with van der Waals surface area (Å²) in [6.07, 6.45) is 1.34. The second-order valence-electron chi connectivity index (χ2n) is 8.16. The number of benzene rings is 1. The molecule has 1 aromatic carbocycles. The van der Waals surface area contributed by atoms with Crippen LogP contribution in [0.5, 0.6) is 0 Å². The van der Waals surface area contributed by atoms with Crippen LogP contribution in [0.25, 0.3) is 0 Å². The van der Waals surface area contributed by atoms with Crippen molar-refractivity contribution in [3.8, 4) is 0 Å². The van der Waals surface area contributed by atoms with Gasteiger partial charge in [0.15, 0.2) is 0 Å². The Hall–Kier alpha value is -3.34. The van der Waals surface area contributed by atoms with Gasteiger partial charge in [-0.05, 0) is 31.4 Å². The van der Waals surface area contributed by atoms with Crippen molar-refractivity contribution in [3.63, 3.8) is 0 Å². The van der Waals surface area contributed by atoms with Gasteiger partial charge in [-0.15, -0.1) is 0 Å². The van der Waals surface area contributed by atoms with E-state index in [-0.39, 0.29) is 48.0 Å². The molecule has 0 spiro atoms. The molecule has 4 N–H and O–H groups in total. The van der Waals surface area contributed by atoms with Gasteiger partial charge in [-0.25, -0.2) is 4.39 Å². The molecular formula is C21H24FN5O5. The van der Waals surface area contributed by atoms with E-state index in [0.717, 1.165) is 11.0 Å². The highest BCUT2D eigenvalue weighted by Gasteiger charge is 2.45. The first-order valence-electron chi connectivity index (χ1n) is 10.6. The van der Waals surface area contributed by atoms with Gasteiger partial charge < -0.3 is 16.0 Å². The minimum absolute atomic E-state index is 0.00477. The SMILES string of the molecule is NCCNC(=O)C1CCCN(c2cc3c(cc2F)C(=O)N(C2CCC(=O)NC2=O)C3=O)C1. The number of halogens is 1. The first-order valence-corrected chi connectivity index (χ1v) is 10.6. The Morgan fingerprint density at radius 3 is 2.56 bits per heavy atom. The number of hydrogen-bond acceptors (Lipinski definition) is 7. The van der Waals surface area contributed by atoms with Crippen LogP contribution in [0.2, 0.25) is 0 Å². The molecule has 11 heteroatoms. The minimum atomic E-state index is -1.11. The van der Waals surface area contributed by atoms with Crippen molar-refractivity contribution < 1.29 is 28.4 Å². The molecule has 2 atom stereocenters. The summed E-state index contributed by atoms with van der Waals surface area (Å²) in [5, 5.41) is 4.87. The van der Waals surface area contributed by atoms with Crippen molar-refractivity contribution in [2.45, 2.75) is 31.7 Å². The molecule has 1 aromatic rings. The summed E-state index contributed by atoms with van der Waals surface area (Å²) in [5.74, 6) is -3.84. The maximum Gasteiger partial charge on any atom is 0.262 e. The third-order valence-corrected chi connectivity index (χ3v) is 6.08. The summed E-state index contributed by atoms with van der Waals surface area (Å²) in [5.41, 5.74) is 5.44. The maximum atomic E-state index is 15.0. The van der Waals surface area contributed by atoms with Gasteiger partial charge in [-0.3, -0.25) is 34.2 Å². The molecule has 4 rings (SSSR count). The van der Waals surface area contributed by atoms with E-state index in [0.29, 0.717) is 32.5 Å². The molecular weight excluding hydrogens is 421 g/mol. The zero-order chi connectivity index (χ0) is 23.0. The van der Waals surface area contributed by atoms with E-state index < -0.39 is 35.5 Å². The molecule has 0 radical (unpaired) electrons. The summed E-state index contributed by atoms with van der Waals surface area (Å²) < 4.78 is 15.0. The highest BCUT2D eigenvalue weighted by Crippen LogP contribution is 2.34. The number of nitrogens with zero attached hydrogens (tertiary/aromatic N) is 2. The van der Waals surface area contributed by atoms with Crippen LogP contribution in [0, 0.1) is 11.7 Å². The standard InChI is InChI=1S/C21H24FN5O5/c22-14-8-12-13(21(32)27(20(12)31)15-3-4-17(28)25-19(15)30)9-16(14)26-7-1-2-11(10-26)18(29)24-6-5-23/h8-9,11,15H,1-7,10,23H2,(H,24,29)(H,25,28,30). The van der Waals surface area contributed by atoms with E-state index in [4.69, 9.17) is 5.73 Å². The van der Waals surface area contributed by atoms with Gasteiger partial charge in [-0.2, -0.15) is 0 Å². The first kappa shape index (κ1) is 21.9. The number of anilines is 1. The molecule has 2 unspecified atom stereocenters. The predicted molar refractivity (Wildman–Crippen MR) is 110 cm³/mol. The minimum Gasteiger partial charge on any atom is -0.368 e. The molecule has 0 bridgehead atoms. The second kappa shape index (κ2) is 8.65. The maximum absolute atomic E-state index is 15.0. The molecule has 2 saturated heterocycles. The van der Waals surface area contributed by atoms with Gasteiger partial charge in [-0.1, -0.05) is 0 Å². The average molecular weight is 445 g/mol. The lowest BCUT2D eigenvalue weighted by atomic mass is 9.96. The van der Waals surface area contributed by atoms with Gasteiger partial charge >= 0.3 is 0 Å². The largest absolute Gasteiger partial charge is 0.368 e. The van der Waals surface area contributed by atoms with E-state index >= 15 is 0 Å². The van der Waals surface area contributed by atoms with Crippen molar-refractivity contribution in [1.29, 1.82) is 0 Å². The zero-order valence-corrected chi connectivity index (χ0v) is 17.4. The lowest BCUT2D eigenvalue weighted by Crippen LogP contribution is -2.54. The summed E-state index contributed by atoms with van der Waals surface area (Å²) >= 11 is 0.